The van der Waals surface area contributed by atoms with Crippen LogP contribution in [0, 0.1) is 31.3 Å². The molecule has 0 aliphatic carbocycles. The molecule has 3 heterocycles. The summed E-state index contributed by atoms with van der Waals surface area (Å²) in [4.78, 5) is 8.95. The molecule has 3 aromatic heterocycles. The zero-order valence-corrected chi connectivity index (χ0v) is 35.2. The fraction of sp³-hybridized carbons (Fsp3) is 0.200. The SMILES string of the molecule is C[Si](C)(C)c1ccc(-c2[c-]cccc2)nc1.[2H]C([2H])([2H])c1cnc(-c2[c-]ccc3c2oc2c(C([2H])([2H])[2H])c(-c4ccc(-c5ccccc5)cc4)ccc23)cc1C([2H])([2H])C(C)(C)C.[Ir]. The van der Waals surface area contributed by atoms with Crippen molar-refractivity contribution < 1.29 is 35.5 Å². The maximum absolute atomic E-state index is 8.91. The number of furan rings is 1. The molecule has 0 fully saturated rings. The Hall–Kier alpha value is -4.93. The first kappa shape index (κ1) is 30.3. The van der Waals surface area contributed by atoms with Crippen LogP contribution in [0.4, 0.5) is 0 Å². The minimum absolute atomic E-state index is 0. The number of pyridine rings is 2. The molecule has 0 saturated carbocycles. The van der Waals surface area contributed by atoms with Crippen LogP contribution in [0.1, 0.15) is 48.4 Å². The van der Waals surface area contributed by atoms with Gasteiger partial charge in [-0.3, -0.25) is 0 Å². The molecule has 0 unspecified atom stereocenters. The first-order valence-electron chi connectivity index (χ1n) is 22.1. The molecular formula is C50H48IrN2OSi-2. The molecule has 3 nitrogen and oxygen atoms in total. The van der Waals surface area contributed by atoms with E-state index >= 15 is 0 Å². The van der Waals surface area contributed by atoms with Gasteiger partial charge < -0.3 is 14.4 Å². The number of nitrogens with zero attached hydrogens (tertiary/aromatic N) is 2. The van der Waals surface area contributed by atoms with Crippen molar-refractivity contribution in [3.05, 3.63) is 163 Å². The smallest absolute Gasteiger partial charge is 0.124 e. The number of aromatic nitrogens is 2. The summed E-state index contributed by atoms with van der Waals surface area (Å²) in [6.45, 7) is 7.04. The zero-order valence-electron chi connectivity index (χ0n) is 39.8. The summed E-state index contributed by atoms with van der Waals surface area (Å²) in [6.07, 6.45) is 1.19. The Labute approximate surface area is 352 Å². The molecule has 0 amide bonds. The van der Waals surface area contributed by atoms with E-state index in [2.05, 4.69) is 53.9 Å². The van der Waals surface area contributed by atoms with Crippen molar-refractivity contribution >= 4 is 35.2 Å². The Kier molecular flexibility index (Phi) is 9.05. The standard InChI is InChI=1S/C36H32NO.C14H16NSi.Ir/c1-23-22-37-33(20-28(23)21-36(3,4)5)32-13-9-12-30-31-19-18-29(24(2)34(31)38-35(30)32)27-16-14-26(15-17-27)25-10-7-6-8-11-25;1-16(2,3)13-9-10-14(15-11-13)12-7-5-4-6-8-12;/h6-12,14-20,22H,21H2,1-5H3;4-7,9-11H,1-3H3;/q2*-1;/i1D3,2D3,21D2;;. The largest absolute Gasteiger partial charge is 0.500 e. The van der Waals surface area contributed by atoms with E-state index in [-0.39, 0.29) is 48.1 Å². The molecule has 5 heteroatoms. The van der Waals surface area contributed by atoms with Gasteiger partial charge in [-0.25, -0.2) is 0 Å². The maximum atomic E-state index is 8.91. The molecular weight excluding hydrogens is 865 g/mol. The van der Waals surface area contributed by atoms with Crippen LogP contribution in [0.25, 0.3) is 66.7 Å². The van der Waals surface area contributed by atoms with Crippen LogP contribution >= 0.6 is 0 Å². The predicted molar refractivity (Wildman–Crippen MR) is 231 cm³/mol. The van der Waals surface area contributed by atoms with E-state index in [1.807, 2.05) is 91.1 Å². The monoisotopic (exact) mass is 921 g/mol. The van der Waals surface area contributed by atoms with E-state index < -0.39 is 33.6 Å². The van der Waals surface area contributed by atoms with Crippen molar-refractivity contribution in [2.75, 3.05) is 0 Å². The molecule has 5 aromatic carbocycles. The van der Waals surface area contributed by atoms with Gasteiger partial charge in [-0.05, 0) is 75.4 Å². The number of hydrogen-bond acceptors (Lipinski definition) is 3. The van der Waals surface area contributed by atoms with Crippen LogP contribution in [0.3, 0.4) is 0 Å². The van der Waals surface area contributed by atoms with E-state index in [0.29, 0.717) is 27.5 Å². The van der Waals surface area contributed by atoms with Crippen molar-refractivity contribution in [2.45, 2.75) is 60.5 Å². The molecule has 0 atom stereocenters. The number of hydrogen-bond donors (Lipinski definition) is 0. The summed E-state index contributed by atoms with van der Waals surface area (Å²) in [7, 11) is -1.23. The molecule has 279 valence electrons. The zero-order chi connectivity index (χ0) is 44.8. The van der Waals surface area contributed by atoms with Gasteiger partial charge in [0.05, 0.1) is 13.7 Å². The number of benzene rings is 5. The molecule has 55 heavy (non-hydrogen) atoms. The summed E-state index contributed by atoms with van der Waals surface area (Å²) in [5, 5.41) is 2.64. The fourth-order valence-corrected chi connectivity index (χ4v) is 7.39. The van der Waals surface area contributed by atoms with Crippen molar-refractivity contribution in [1.29, 1.82) is 0 Å². The third-order valence-corrected chi connectivity index (χ3v) is 11.2. The van der Waals surface area contributed by atoms with Crippen LogP contribution in [0.5, 0.6) is 0 Å². The van der Waals surface area contributed by atoms with Crippen molar-refractivity contribution in [3.8, 4) is 44.8 Å². The van der Waals surface area contributed by atoms with Crippen LogP contribution in [-0.2, 0) is 26.5 Å². The van der Waals surface area contributed by atoms with Gasteiger partial charge in [0, 0.05) is 48.9 Å². The molecule has 0 aliphatic heterocycles. The maximum Gasteiger partial charge on any atom is 0.124 e. The van der Waals surface area contributed by atoms with Crippen LogP contribution in [0.15, 0.2) is 138 Å². The summed E-state index contributed by atoms with van der Waals surface area (Å²) in [6, 6.07) is 44.8. The van der Waals surface area contributed by atoms with E-state index in [1.54, 1.807) is 39.0 Å². The van der Waals surface area contributed by atoms with Crippen LogP contribution < -0.4 is 5.19 Å². The molecule has 0 aliphatic rings. The van der Waals surface area contributed by atoms with E-state index in [4.69, 9.17) is 15.4 Å². The second-order valence-electron chi connectivity index (χ2n) is 15.5. The van der Waals surface area contributed by atoms with E-state index in [0.717, 1.165) is 27.9 Å². The van der Waals surface area contributed by atoms with Gasteiger partial charge in [-0.2, -0.15) is 0 Å². The number of rotatable bonds is 6. The fourth-order valence-electron chi connectivity index (χ4n) is 6.36. The number of aryl methyl sites for hydroxylation is 2. The van der Waals surface area contributed by atoms with Crippen molar-refractivity contribution in [3.63, 3.8) is 0 Å². The second kappa shape index (κ2) is 16.4. The normalized spacial score (nSPS) is 14.4. The summed E-state index contributed by atoms with van der Waals surface area (Å²) in [5.74, 6) is 0. The van der Waals surface area contributed by atoms with Gasteiger partial charge >= 0.3 is 0 Å². The van der Waals surface area contributed by atoms with E-state index in [9.17, 15) is 0 Å². The van der Waals surface area contributed by atoms with Gasteiger partial charge in [0.15, 0.2) is 0 Å². The molecule has 1 radical (unpaired) electrons. The van der Waals surface area contributed by atoms with Gasteiger partial charge in [-0.15, -0.1) is 54.1 Å². The minimum atomic E-state index is -2.58. The van der Waals surface area contributed by atoms with Crippen LogP contribution in [0.2, 0.25) is 19.6 Å². The minimum Gasteiger partial charge on any atom is -0.500 e. The Bertz CT molecular complexity index is 2850. The third kappa shape index (κ3) is 8.97. The second-order valence-corrected chi connectivity index (χ2v) is 20.5. The van der Waals surface area contributed by atoms with Gasteiger partial charge in [0.2, 0.25) is 0 Å². The van der Waals surface area contributed by atoms with Gasteiger partial charge in [-0.1, -0.05) is 142 Å². The average molecular weight is 921 g/mol. The summed E-state index contributed by atoms with van der Waals surface area (Å²) >= 11 is 0. The first-order chi connectivity index (χ1) is 29.1. The Balaban J connectivity index is 0.000000327. The average Bonchev–Trinajstić information content (AvgIpc) is 3.61. The summed E-state index contributed by atoms with van der Waals surface area (Å²) in [5.41, 5.74) is 5.58. The predicted octanol–water partition coefficient (Wildman–Crippen LogP) is 13.1. The first-order valence-corrected chi connectivity index (χ1v) is 21.6. The molecule has 0 saturated heterocycles. The quantitative estimate of drug-likeness (QED) is 0.123. The molecule has 8 aromatic rings. The van der Waals surface area contributed by atoms with Crippen molar-refractivity contribution in [1.82, 2.24) is 9.97 Å². The topological polar surface area (TPSA) is 38.9 Å². The van der Waals surface area contributed by atoms with Crippen LogP contribution in [-0.4, -0.2) is 18.0 Å². The Morgan fingerprint density at radius 2 is 1.40 bits per heavy atom. The Morgan fingerprint density at radius 1 is 0.691 bits per heavy atom. The number of fused-ring (bicyclic) bond motifs is 3. The van der Waals surface area contributed by atoms with E-state index in [1.165, 1.54) is 17.4 Å². The molecule has 8 rings (SSSR count). The van der Waals surface area contributed by atoms with Crippen molar-refractivity contribution in [2.24, 2.45) is 5.41 Å². The molecule has 0 N–H and O–H groups in total. The third-order valence-electron chi connectivity index (χ3n) is 9.19. The Morgan fingerprint density at radius 3 is 2.05 bits per heavy atom. The van der Waals surface area contributed by atoms with Gasteiger partial charge in [0.1, 0.15) is 5.58 Å². The van der Waals surface area contributed by atoms with Gasteiger partial charge in [0.25, 0.3) is 0 Å². The molecule has 0 spiro atoms. The molecule has 0 bridgehead atoms. The summed E-state index contributed by atoms with van der Waals surface area (Å²) < 4.78 is 73.9.